The summed E-state index contributed by atoms with van der Waals surface area (Å²) in [6, 6.07) is 7.35. The van der Waals surface area contributed by atoms with E-state index in [1.54, 1.807) is 18.2 Å². The Labute approximate surface area is 164 Å². The minimum Gasteiger partial charge on any atom is -0.339 e. The quantitative estimate of drug-likeness (QED) is 0.463. The summed E-state index contributed by atoms with van der Waals surface area (Å²) in [7, 11) is 0. The third-order valence-corrected chi connectivity index (χ3v) is 6.68. The van der Waals surface area contributed by atoms with Gasteiger partial charge in [0.2, 0.25) is 17.7 Å². The lowest BCUT2D eigenvalue weighted by atomic mass is 9.85. The van der Waals surface area contributed by atoms with Crippen LogP contribution in [-0.2, 0) is 14.4 Å². The first-order chi connectivity index (χ1) is 13.6. The molecule has 3 amide bonds. The van der Waals surface area contributed by atoms with E-state index in [-0.39, 0.29) is 41.4 Å². The van der Waals surface area contributed by atoms with Crippen LogP contribution < -0.4 is 4.90 Å². The highest BCUT2D eigenvalue weighted by Gasteiger charge is 2.59. The van der Waals surface area contributed by atoms with Crippen LogP contribution in [0.2, 0.25) is 0 Å². The molecule has 0 spiro atoms. The average Bonchev–Trinajstić information content (AvgIpc) is 3.41. The highest BCUT2D eigenvalue weighted by molar-refractivity contribution is 6.22. The fraction of sp³-hybridized carbons (Fsp3) is 0.435. The summed E-state index contributed by atoms with van der Waals surface area (Å²) in [5.41, 5.74) is 1.43. The molecule has 1 aromatic rings. The second-order valence-electron chi connectivity index (χ2n) is 8.33. The third-order valence-electron chi connectivity index (χ3n) is 6.68. The van der Waals surface area contributed by atoms with E-state index in [4.69, 9.17) is 0 Å². The predicted octanol–water partition coefficient (Wildman–Crippen LogP) is 3.02. The van der Waals surface area contributed by atoms with Crippen molar-refractivity contribution >= 4 is 29.5 Å². The maximum absolute atomic E-state index is 13.0. The Balaban J connectivity index is 1.35. The molecule has 2 saturated heterocycles. The van der Waals surface area contributed by atoms with Crippen LogP contribution in [0.4, 0.5) is 5.69 Å². The van der Waals surface area contributed by atoms with E-state index in [1.807, 2.05) is 23.1 Å². The molecule has 2 aliphatic heterocycles. The van der Waals surface area contributed by atoms with E-state index < -0.39 is 0 Å². The summed E-state index contributed by atoms with van der Waals surface area (Å²) < 4.78 is 0. The summed E-state index contributed by atoms with van der Waals surface area (Å²) in [5.74, 6) is -0.0847. The minimum atomic E-state index is -0.192. The summed E-state index contributed by atoms with van der Waals surface area (Å²) in [6.07, 6.45) is 11.8. The van der Waals surface area contributed by atoms with Gasteiger partial charge in [0.15, 0.2) is 0 Å². The van der Waals surface area contributed by atoms with Crippen LogP contribution in [0.25, 0.3) is 6.08 Å². The van der Waals surface area contributed by atoms with Crippen LogP contribution in [0.3, 0.4) is 0 Å². The zero-order valence-corrected chi connectivity index (χ0v) is 15.8. The molecule has 4 atom stereocenters. The fourth-order valence-corrected chi connectivity index (χ4v) is 5.31. The summed E-state index contributed by atoms with van der Waals surface area (Å²) >= 11 is 0. The number of rotatable bonds is 3. The maximum Gasteiger partial charge on any atom is 0.246 e. The Morgan fingerprint density at radius 2 is 1.64 bits per heavy atom. The molecular formula is C23H24N2O3. The lowest BCUT2D eigenvalue weighted by molar-refractivity contribution is -0.127. The van der Waals surface area contributed by atoms with Gasteiger partial charge in [0.05, 0.1) is 17.5 Å². The van der Waals surface area contributed by atoms with Gasteiger partial charge < -0.3 is 4.90 Å². The number of imide groups is 1. The van der Waals surface area contributed by atoms with E-state index in [9.17, 15) is 14.4 Å². The molecule has 0 N–H and O–H groups in total. The smallest absolute Gasteiger partial charge is 0.246 e. The molecule has 1 aromatic carbocycles. The Kier molecular flexibility index (Phi) is 4.18. The summed E-state index contributed by atoms with van der Waals surface area (Å²) in [6.45, 7) is 1.64. The molecule has 28 heavy (non-hydrogen) atoms. The SMILES string of the molecule is O=C(/C=C/c1cccc(N2C(=O)[C@@H]3[C@@H](C2=O)[C@H]2C=C[C@@H]3C2)c1)N1CCCCC1. The average molecular weight is 376 g/mol. The van der Waals surface area contributed by atoms with Crippen LogP contribution >= 0.6 is 0 Å². The number of nitrogens with zero attached hydrogens (tertiary/aromatic N) is 2. The van der Waals surface area contributed by atoms with Gasteiger partial charge in [-0.25, -0.2) is 4.90 Å². The molecule has 5 nitrogen and oxygen atoms in total. The van der Waals surface area contributed by atoms with Gasteiger partial charge in [-0.1, -0.05) is 24.3 Å². The third kappa shape index (κ3) is 2.72. The predicted molar refractivity (Wildman–Crippen MR) is 106 cm³/mol. The van der Waals surface area contributed by atoms with Gasteiger partial charge in [0, 0.05) is 19.2 Å². The number of piperidine rings is 1. The van der Waals surface area contributed by atoms with Crippen molar-refractivity contribution in [3.05, 3.63) is 48.1 Å². The number of fused-ring (bicyclic) bond motifs is 5. The van der Waals surface area contributed by atoms with Crippen molar-refractivity contribution in [2.45, 2.75) is 25.7 Å². The van der Waals surface area contributed by atoms with Crippen molar-refractivity contribution in [2.24, 2.45) is 23.7 Å². The van der Waals surface area contributed by atoms with E-state index in [2.05, 4.69) is 12.2 Å². The van der Waals surface area contributed by atoms with Gasteiger partial charge in [0.1, 0.15) is 0 Å². The van der Waals surface area contributed by atoms with E-state index in [0.29, 0.717) is 5.69 Å². The highest BCUT2D eigenvalue weighted by Crippen LogP contribution is 2.53. The van der Waals surface area contributed by atoms with Crippen molar-refractivity contribution in [3.8, 4) is 0 Å². The fourth-order valence-electron chi connectivity index (χ4n) is 5.31. The van der Waals surface area contributed by atoms with Crippen molar-refractivity contribution in [1.82, 2.24) is 4.90 Å². The first-order valence-corrected chi connectivity index (χ1v) is 10.3. The summed E-state index contributed by atoms with van der Waals surface area (Å²) in [4.78, 5) is 41.5. The Morgan fingerprint density at radius 1 is 0.964 bits per heavy atom. The van der Waals surface area contributed by atoms with E-state index >= 15 is 0 Å². The monoisotopic (exact) mass is 376 g/mol. The molecule has 5 heteroatoms. The summed E-state index contributed by atoms with van der Waals surface area (Å²) in [5, 5.41) is 0. The number of anilines is 1. The van der Waals surface area contributed by atoms with Gasteiger partial charge in [-0.05, 0) is 61.3 Å². The molecule has 2 heterocycles. The molecule has 1 saturated carbocycles. The van der Waals surface area contributed by atoms with Crippen LogP contribution in [0.5, 0.6) is 0 Å². The van der Waals surface area contributed by atoms with Gasteiger partial charge in [-0.2, -0.15) is 0 Å². The molecule has 5 rings (SSSR count). The highest BCUT2D eigenvalue weighted by atomic mass is 16.2. The Morgan fingerprint density at radius 3 is 2.32 bits per heavy atom. The van der Waals surface area contributed by atoms with E-state index in [0.717, 1.165) is 37.9 Å². The molecule has 144 valence electrons. The molecule has 4 aliphatic rings. The first kappa shape index (κ1) is 17.4. The topological polar surface area (TPSA) is 57.7 Å². The Hall–Kier alpha value is -2.69. The number of benzene rings is 1. The number of hydrogen-bond donors (Lipinski definition) is 0. The van der Waals surface area contributed by atoms with E-state index in [1.165, 1.54) is 11.3 Å². The first-order valence-electron chi connectivity index (χ1n) is 10.3. The van der Waals surface area contributed by atoms with Crippen LogP contribution in [0.15, 0.2) is 42.5 Å². The number of carbonyl (C=O) groups is 3. The second-order valence-corrected chi connectivity index (χ2v) is 8.33. The lowest BCUT2D eigenvalue weighted by Gasteiger charge is -2.25. The Bertz CT molecular complexity index is 867. The molecule has 2 bridgehead atoms. The second kappa shape index (κ2) is 6.73. The molecule has 3 fully saturated rings. The molecule has 0 radical (unpaired) electrons. The molecule has 0 aromatic heterocycles. The zero-order valence-electron chi connectivity index (χ0n) is 15.8. The number of hydrogen-bond acceptors (Lipinski definition) is 3. The van der Waals surface area contributed by atoms with Gasteiger partial charge in [0.25, 0.3) is 0 Å². The molecular weight excluding hydrogens is 352 g/mol. The normalized spacial score (nSPS) is 31.3. The zero-order chi connectivity index (χ0) is 19.3. The van der Waals surface area contributed by atoms with Crippen molar-refractivity contribution in [2.75, 3.05) is 18.0 Å². The van der Waals surface area contributed by atoms with Crippen LogP contribution in [0.1, 0.15) is 31.2 Å². The lowest BCUT2D eigenvalue weighted by Crippen LogP contribution is -2.34. The van der Waals surface area contributed by atoms with Crippen molar-refractivity contribution < 1.29 is 14.4 Å². The number of likely N-dealkylation sites (tertiary alicyclic amines) is 1. The van der Waals surface area contributed by atoms with Gasteiger partial charge in [-0.3, -0.25) is 14.4 Å². The molecule has 0 unspecified atom stereocenters. The number of carbonyl (C=O) groups excluding carboxylic acids is 3. The number of amides is 3. The number of allylic oxidation sites excluding steroid dienone is 2. The minimum absolute atomic E-state index is 0.0237. The van der Waals surface area contributed by atoms with Gasteiger partial charge >= 0.3 is 0 Å². The van der Waals surface area contributed by atoms with Crippen LogP contribution in [-0.4, -0.2) is 35.7 Å². The molecule has 2 aliphatic carbocycles. The van der Waals surface area contributed by atoms with Gasteiger partial charge in [-0.15, -0.1) is 0 Å². The maximum atomic E-state index is 13.0. The standard InChI is InChI=1S/C23H24N2O3/c26-19(24-11-2-1-3-12-24)10-7-15-5-4-6-18(13-15)25-22(27)20-16-8-9-17(14-16)21(20)23(25)28/h4-10,13,16-17,20-21H,1-3,11-12,14H2/b10-7+/t16-,17+,20-,21-/m0/s1. The van der Waals surface area contributed by atoms with Crippen LogP contribution in [0, 0.1) is 23.7 Å². The largest absolute Gasteiger partial charge is 0.339 e. The van der Waals surface area contributed by atoms with Crippen molar-refractivity contribution in [1.29, 1.82) is 0 Å². The van der Waals surface area contributed by atoms with Crippen molar-refractivity contribution in [3.63, 3.8) is 0 Å².